The molecule has 0 bridgehead atoms. The predicted octanol–water partition coefficient (Wildman–Crippen LogP) is 3.24. The van der Waals surface area contributed by atoms with Gasteiger partial charge in [0.05, 0.1) is 5.69 Å². The Labute approximate surface area is 136 Å². The van der Waals surface area contributed by atoms with E-state index in [2.05, 4.69) is 4.98 Å². The van der Waals surface area contributed by atoms with Crippen molar-refractivity contribution in [3.05, 3.63) is 76.6 Å². The summed E-state index contributed by atoms with van der Waals surface area (Å²) in [5, 5.41) is 18.7. The molecular weight excluding hydrogens is 310 g/mol. The minimum atomic E-state index is -1.42. The number of hydrogen-bond donors (Lipinski definition) is 3. The minimum Gasteiger partial charge on any atom is -0.502 e. The van der Waals surface area contributed by atoms with Crippen LogP contribution in [0.1, 0.15) is 10.5 Å². The third-order valence-corrected chi connectivity index (χ3v) is 3.37. The van der Waals surface area contributed by atoms with Crippen LogP contribution in [0.4, 0.5) is 0 Å². The average Bonchev–Trinajstić information content (AvgIpc) is 2.58. The summed E-state index contributed by atoms with van der Waals surface area (Å²) in [4.78, 5) is 25.6. The number of ether oxygens (including phenoxy) is 1. The first-order chi connectivity index (χ1) is 11.6. The molecule has 120 valence electrons. The van der Waals surface area contributed by atoms with E-state index in [-0.39, 0.29) is 5.69 Å². The molecular formula is C18H13NO5. The number of carboxylic acids is 1. The minimum absolute atomic E-state index is 0.238. The Balaban J connectivity index is 2.11. The zero-order valence-electron chi connectivity index (χ0n) is 12.4. The summed E-state index contributed by atoms with van der Waals surface area (Å²) in [6.07, 6.45) is 0. The van der Waals surface area contributed by atoms with Crippen molar-refractivity contribution in [3.8, 4) is 28.5 Å². The molecule has 0 aliphatic carbocycles. The number of nitrogens with one attached hydrogen (secondary N) is 1. The van der Waals surface area contributed by atoms with Crippen LogP contribution < -0.4 is 10.2 Å². The number of aromatic nitrogens is 1. The fourth-order valence-corrected chi connectivity index (χ4v) is 2.25. The Hall–Kier alpha value is -3.54. The molecule has 0 radical (unpaired) electrons. The van der Waals surface area contributed by atoms with Crippen molar-refractivity contribution in [3.63, 3.8) is 0 Å². The standard InChI is InChI=1S/C18H13NO5/c20-14-10-13(19-16(17(14)21)18(22)23)12-8-4-5-9-15(12)24-11-6-2-1-3-7-11/h1-10,21H,(H,19,20)(H,22,23). The van der Waals surface area contributed by atoms with Gasteiger partial charge in [-0.2, -0.15) is 0 Å². The summed E-state index contributed by atoms with van der Waals surface area (Å²) < 4.78 is 5.80. The van der Waals surface area contributed by atoms with Crippen LogP contribution >= 0.6 is 0 Å². The number of carboxylic acid groups (broad SMARTS) is 1. The van der Waals surface area contributed by atoms with E-state index in [0.717, 1.165) is 6.07 Å². The van der Waals surface area contributed by atoms with Crippen LogP contribution in [0.25, 0.3) is 11.3 Å². The van der Waals surface area contributed by atoms with E-state index in [0.29, 0.717) is 17.1 Å². The van der Waals surface area contributed by atoms with E-state index in [1.165, 1.54) is 0 Å². The number of benzene rings is 2. The summed E-state index contributed by atoms with van der Waals surface area (Å²) in [6.45, 7) is 0. The van der Waals surface area contributed by atoms with Gasteiger partial charge in [0, 0.05) is 11.6 Å². The Kier molecular flexibility index (Phi) is 4.03. The van der Waals surface area contributed by atoms with Gasteiger partial charge in [-0.15, -0.1) is 0 Å². The topological polar surface area (TPSA) is 99.6 Å². The van der Waals surface area contributed by atoms with Gasteiger partial charge in [0.1, 0.15) is 11.5 Å². The van der Waals surface area contributed by atoms with Gasteiger partial charge in [-0.3, -0.25) is 4.79 Å². The van der Waals surface area contributed by atoms with Crippen molar-refractivity contribution in [1.82, 2.24) is 4.98 Å². The van der Waals surface area contributed by atoms with Crippen LogP contribution in [0.3, 0.4) is 0 Å². The summed E-state index contributed by atoms with van der Waals surface area (Å²) in [6, 6.07) is 17.1. The lowest BCUT2D eigenvalue weighted by atomic mass is 10.1. The molecule has 0 aliphatic heterocycles. The number of H-pyrrole nitrogens is 1. The monoisotopic (exact) mass is 323 g/mol. The highest BCUT2D eigenvalue weighted by Gasteiger charge is 2.17. The smallest absolute Gasteiger partial charge is 0.356 e. The lowest BCUT2D eigenvalue weighted by Crippen LogP contribution is -2.11. The fourth-order valence-electron chi connectivity index (χ4n) is 2.25. The largest absolute Gasteiger partial charge is 0.502 e. The van der Waals surface area contributed by atoms with Crippen LogP contribution in [0.2, 0.25) is 0 Å². The van der Waals surface area contributed by atoms with Gasteiger partial charge < -0.3 is 19.9 Å². The van der Waals surface area contributed by atoms with Crippen molar-refractivity contribution in [1.29, 1.82) is 0 Å². The summed E-state index contributed by atoms with van der Waals surface area (Å²) >= 11 is 0. The Bertz CT molecular complexity index is 947. The van der Waals surface area contributed by atoms with E-state index in [9.17, 15) is 14.7 Å². The summed E-state index contributed by atoms with van der Waals surface area (Å²) in [5.41, 5.74) is -0.606. The highest BCUT2D eigenvalue weighted by molar-refractivity contribution is 5.89. The van der Waals surface area contributed by atoms with Crippen LogP contribution in [0.15, 0.2) is 65.5 Å². The second-order valence-electron chi connectivity index (χ2n) is 4.99. The molecule has 1 heterocycles. The number of pyridine rings is 1. The lowest BCUT2D eigenvalue weighted by Gasteiger charge is -2.12. The number of para-hydroxylation sites is 2. The maximum atomic E-state index is 11.8. The SMILES string of the molecule is O=C(O)c1[nH]c(-c2ccccc2Oc2ccccc2)cc(=O)c1O. The van der Waals surface area contributed by atoms with Crippen molar-refractivity contribution < 1.29 is 19.7 Å². The Morgan fingerprint density at radius 1 is 1.00 bits per heavy atom. The molecule has 1 aromatic heterocycles. The number of aromatic hydroxyl groups is 1. The number of aromatic carboxylic acids is 1. The molecule has 0 spiro atoms. The van der Waals surface area contributed by atoms with Gasteiger partial charge in [-0.1, -0.05) is 30.3 Å². The third kappa shape index (κ3) is 2.98. The Morgan fingerprint density at radius 3 is 2.38 bits per heavy atom. The molecule has 0 atom stereocenters. The van der Waals surface area contributed by atoms with Gasteiger partial charge in [0.15, 0.2) is 11.4 Å². The van der Waals surface area contributed by atoms with Crippen molar-refractivity contribution in [2.75, 3.05) is 0 Å². The highest BCUT2D eigenvalue weighted by atomic mass is 16.5. The second kappa shape index (κ2) is 6.29. The van der Waals surface area contributed by atoms with Crippen LogP contribution in [-0.4, -0.2) is 21.2 Å². The number of rotatable bonds is 4. The maximum absolute atomic E-state index is 11.8. The van der Waals surface area contributed by atoms with Crippen molar-refractivity contribution >= 4 is 5.97 Å². The highest BCUT2D eigenvalue weighted by Crippen LogP contribution is 2.32. The zero-order valence-corrected chi connectivity index (χ0v) is 12.4. The average molecular weight is 323 g/mol. The lowest BCUT2D eigenvalue weighted by molar-refractivity contribution is 0.0687. The summed E-state index contributed by atoms with van der Waals surface area (Å²) in [5.74, 6) is -1.20. The first-order valence-corrected chi connectivity index (χ1v) is 7.08. The van der Waals surface area contributed by atoms with Gasteiger partial charge in [-0.05, 0) is 24.3 Å². The van der Waals surface area contributed by atoms with Crippen LogP contribution in [-0.2, 0) is 0 Å². The summed E-state index contributed by atoms with van der Waals surface area (Å²) in [7, 11) is 0. The molecule has 3 aromatic rings. The third-order valence-electron chi connectivity index (χ3n) is 3.37. The predicted molar refractivity (Wildman–Crippen MR) is 87.6 cm³/mol. The van der Waals surface area contributed by atoms with Crippen molar-refractivity contribution in [2.45, 2.75) is 0 Å². The van der Waals surface area contributed by atoms with Gasteiger partial charge in [0.25, 0.3) is 0 Å². The number of carbonyl (C=O) groups is 1. The quantitative estimate of drug-likeness (QED) is 0.684. The Morgan fingerprint density at radius 2 is 1.67 bits per heavy atom. The van der Waals surface area contributed by atoms with E-state index in [1.807, 2.05) is 18.2 Å². The van der Waals surface area contributed by atoms with E-state index in [4.69, 9.17) is 9.84 Å². The molecule has 2 aromatic carbocycles. The molecule has 0 saturated heterocycles. The van der Waals surface area contributed by atoms with Crippen LogP contribution in [0.5, 0.6) is 17.2 Å². The van der Waals surface area contributed by atoms with Crippen LogP contribution in [0, 0.1) is 0 Å². The molecule has 24 heavy (non-hydrogen) atoms. The van der Waals surface area contributed by atoms with Gasteiger partial charge in [-0.25, -0.2) is 4.79 Å². The molecule has 3 N–H and O–H groups in total. The molecule has 6 heteroatoms. The zero-order chi connectivity index (χ0) is 17.1. The fraction of sp³-hybridized carbons (Fsp3) is 0. The van der Waals surface area contributed by atoms with Crippen molar-refractivity contribution in [2.24, 2.45) is 0 Å². The first kappa shape index (κ1) is 15.4. The molecule has 0 saturated carbocycles. The molecule has 0 amide bonds. The van der Waals surface area contributed by atoms with E-state index < -0.39 is 22.8 Å². The maximum Gasteiger partial charge on any atom is 0.356 e. The van der Waals surface area contributed by atoms with Gasteiger partial charge in [0.2, 0.25) is 5.43 Å². The molecule has 0 unspecified atom stereocenters. The normalized spacial score (nSPS) is 10.3. The van der Waals surface area contributed by atoms with E-state index >= 15 is 0 Å². The number of hydrogen-bond acceptors (Lipinski definition) is 4. The first-order valence-electron chi connectivity index (χ1n) is 7.08. The van der Waals surface area contributed by atoms with E-state index in [1.54, 1.807) is 36.4 Å². The second-order valence-corrected chi connectivity index (χ2v) is 4.99. The molecule has 0 fully saturated rings. The number of aromatic amines is 1. The molecule has 0 aliphatic rings. The molecule has 3 rings (SSSR count). The van der Waals surface area contributed by atoms with Gasteiger partial charge >= 0.3 is 5.97 Å². The molecule has 6 nitrogen and oxygen atoms in total.